The zero-order valence-electron chi connectivity index (χ0n) is 15.1. The SMILES string of the molecule is CC(C)[C@H](CNC(=O)C=Cc1ccncc1)Nc1ccc(C(F)(F)F)cc1. The maximum Gasteiger partial charge on any atom is 0.416 e. The minimum absolute atomic E-state index is 0.125. The summed E-state index contributed by atoms with van der Waals surface area (Å²) in [7, 11) is 0. The van der Waals surface area contributed by atoms with Crippen molar-refractivity contribution in [2.24, 2.45) is 5.92 Å². The van der Waals surface area contributed by atoms with Gasteiger partial charge in [0.1, 0.15) is 0 Å². The number of anilines is 1. The van der Waals surface area contributed by atoms with Gasteiger partial charge in [-0.25, -0.2) is 0 Å². The molecule has 0 aliphatic heterocycles. The van der Waals surface area contributed by atoms with Gasteiger partial charge in [-0.3, -0.25) is 9.78 Å². The Kier molecular flexibility index (Phi) is 6.98. The van der Waals surface area contributed by atoms with Crippen LogP contribution in [0.2, 0.25) is 0 Å². The molecule has 2 N–H and O–H groups in total. The second kappa shape index (κ2) is 9.21. The third kappa shape index (κ3) is 6.77. The van der Waals surface area contributed by atoms with Crippen molar-refractivity contribution in [3.05, 3.63) is 66.0 Å². The fourth-order valence-corrected chi connectivity index (χ4v) is 2.34. The molecular formula is C20H22F3N3O. The fourth-order valence-electron chi connectivity index (χ4n) is 2.34. The van der Waals surface area contributed by atoms with E-state index in [1.54, 1.807) is 30.6 Å². The summed E-state index contributed by atoms with van der Waals surface area (Å²) in [6.07, 6.45) is 2.04. The third-order valence-electron chi connectivity index (χ3n) is 4.00. The van der Waals surface area contributed by atoms with E-state index in [4.69, 9.17) is 0 Å². The molecule has 0 aliphatic carbocycles. The highest BCUT2D eigenvalue weighted by Crippen LogP contribution is 2.30. The second-order valence-electron chi connectivity index (χ2n) is 6.43. The molecule has 7 heteroatoms. The van der Waals surface area contributed by atoms with Gasteiger partial charge in [-0.2, -0.15) is 13.2 Å². The number of carbonyl (C=O) groups is 1. The number of aromatic nitrogens is 1. The van der Waals surface area contributed by atoms with Crippen LogP contribution in [0.3, 0.4) is 0 Å². The molecule has 144 valence electrons. The molecule has 1 amide bonds. The lowest BCUT2D eigenvalue weighted by atomic mass is 10.0. The van der Waals surface area contributed by atoms with E-state index in [9.17, 15) is 18.0 Å². The van der Waals surface area contributed by atoms with Crippen molar-refractivity contribution in [1.82, 2.24) is 10.3 Å². The van der Waals surface area contributed by atoms with Crippen molar-refractivity contribution < 1.29 is 18.0 Å². The number of rotatable bonds is 7. The standard InChI is InChI=1S/C20H22F3N3O/c1-14(2)18(26-17-6-4-16(5-7-17)20(21,22)23)13-25-19(27)8-3-15-9-11-24-12-10-15/h3-12,14,18,26H,13H2,1-2H3,(H,25,27)/t18-/m0/s1. The molecular weight excluding hydrogens is 355 g/mol. The molecule has 0 aliphatic rings. The predicted octanol–water partition coefficient (Wildman–Crippen LogP) is 4.37. The highest BCUT2D eigenvalue weighted by molar-refractivity contribution is 5.91. The second-order valence-corrected chi connectivity index (χ2v) is 6.43. The Hall–Kier alpha value is -2.83. The van der Waals surface area contributed by atoms with Gasteiger partial charge < -0.3 is 10.6 Å². The van der Waals surface area contributed by atoms with Crippen LogP contribution in [0.5, 0.6) is 0 Å². The number of hydrogen-bond donors (Lipinski definition) is 2. The minimum atomic E-state index is -4.36. The molecule has 0 radical (unpaired) electrons. The first-order valence-electron chi connectivity index (χ1n) is 8.55. The summed E-state index contributed by atoms with van der Waals surface area (Å²) in [4.78, 5) is 15.9. The molecule has 4 nitrogen and oxygen atoms in total. The maximum atomic E-state index is 12.6. The number of nitrogens with one attached hydrogen (secondary N) is 2. The first-order chi connectivity index (χ1) is 12.8. The van der Waals surface area contributed by atoms with Crippen LogP contribution in [-0.2, 0) is 11.0 Å². The topological polar surface area (TPSA) is 54.0 Å². The molecule has 0 saturated heterocycles. The molecule has 1 aromatic carbocycles. The van der Waals surface area contributed by atoms with Crippen molar-refractivity contribution in [2.45, 2.75) is 26.1 Å². The predicted molar refractivity (Wildman–Crippen MR) is 100.0 cm³/mol. The van der Waals surface area contributed by atoms with Crippen molar-refractivity contribution >= 4 is 17.7 Å². The number of hydrogen-bond acceptors (Lipinski definition) is 3. The quantitative estimate of drug-likeness (QED) is 0.705. The van der Waals surface area contributed by atoms with Crippen LogP contribution in [0.15, 0.2) is 54.9 Å². The number of nitrogens with zero attached hydrogens (tertiary/aromatic N) is 1. The van der Waals surface area contributed by atoms with Gasteiger partial charge in [-0.05, 0) is 54.0 Å². The molecule has 0 unspecified atom stereocenters. The van der Waals surface area contributed by atoms with Gasteiger partial charge in [0.05, 0.1) is 5.56 Å². The van der Waals surface area contributed by atoms with Gasteiger partial charge >= 0.3 is 6.18 Å². The Morgan fingerprint density at radius 3 is 2.30 bits per heavy atom. The largest absolute Gasteiger partial charge is 0.416 e. The summed E-state index contributed by atoms with van der Waals surface area (Å²) in [6.45, 7) is 4.29. The summed E-state index contributed by atoms with van der Waals surface area (Å²) in [5.74, 6) is -0.0801. The van der Waals surface area contributed by atoms with E-state index in [0.717, 1.165) is 17.7 Å². The summed E-state index contributed by atoms with van der Waals surface area (Å²) in [5, 5.41) is 5.98. The molecule has 0 bridgehead atoms. The highest BCUT2D eigenvalue weighted by atomic mass is 19.4. The van der Waals surface area contributed by atoms with Crippen molar-refractivity contribution in [2.75, 3.05) is 11.9 Å². The number of halogens is 3. The molecule has 27 heavy (non-hydrogen) atoms. The number of alkyl halides is 3. The average Bonchev–Trinajstić information content (AvgIpc) is 2.63. The molecule has 0 spiro atoms. The lowest BCUT2D eigenvalue weighted by Crippen LogP contribution is -2.39. The Bertz CT molecular complexity index is 756. The Morgan fingerprint density at radius 2 is 1.74 bits per heavy atom. The summed E-state index contributed by atoms with van der Waals surface area (Å²) in [6, 6.07) is 8.30. The fraction of sp³-hybridized carbons (Fsp3) is 0.300. The Labute approximate surface area is 156 Å². The van der Waals surface area contributed by atoms with Gasteiger partial charge in [0, 0.05) is 36.7 Å². The maximum absolute atomic E-state index is 12.6. The molecule has 2 rings (SSSR count). The van der Waals surface area contributed by atoms with Crippen LogP contribution < -0.4 is 10.6 Å². The Balaban J connectivity index is 1.91. The first kappa shape index (κ1) is 20.5. The smallest absolute Gasteiger partial charge is 0.380 e. The van der Waals surface area contributed by atoms with E-state index in [1.165, 1.54) is 18.2 Å². The van der Waals surface area contributed by atoms with E-state index in [1.807, 2.05) is 13.8 Å². The average molecular weight is 377 g/mol. The lowest BCUT2D eigenvalue weighted by molar-refractivity contribution is -0.137. The summed E-state index contributed by atoms with van der Waals surface area (Å²) < 4.78 is 37.9. The normalized spacial score (nSPS) is 13.0. The Morgan fingerprint density at radius 1 is 1.11 bits per heavy atom. The molecule has 1 heterocycles. The first-order valence-corrected chi connectivity index (χ1v) is 8.55. The third-order valence-corrected chi connectivity index (χ3v) is 4.00. The van der Waals surface area contributed by atoms with Gasteiger partial charge in [0.25, 0.3) is 0 Å². The van der Waals surface area contributed by atoms with Gasteiger partial charge in [0.15, 0.2) is 0 Å². The van der Waals surface area contributed by atoms with Crippen LogP contribution in [0, 0.1) is 5.92 Å². The highest BCUT2D eigenvalue weighted by Gasteiger charge is 2.30. The van der Waals surface area contributed by atoms with Gasteiger partial charge in [0.2, 0.25) is 5.91 Å². The van der Waals surface area contributed by atoms with Gasteiger partial charge in [-0.1, -0.05) is 13.8 Å². The van der Waals surface area contributed by atoms with Crippen LogP contribution >= 0.6 is 0 Å². The molecule has 2 aromatic rings. The molecule has 1 aromatic heterocycles. The van der Waals surface area contributed by atoms with Crippen LogP contribution in [0.1, 0.15) is 25.0 Å². The van der Waals surface area contributed by atoms with Crippen LogP contribution in [0.25, 0.3) is 6.08 Å². The van der Waals surface area contributed by atoms with Crippen molar-refractivity contribution in [3.8, 4) is 0 Å². The summed E-state index contributed by atoms with van der Waals surface area (Å²) >= 11 is 0. The number of benzene rings is 1. The van der Waals surface area contributed by atoms with Crippen LogP contribution in [0.4, 0.5) is 18.9 Å². The van der Waals surface area contributed by atoms with E-state index >= 15 is 0 Å². The van der Waals surface area contributed by atoms with E-state index in [-0.39, 0.29) is 17.9 Å². The van der Waals surface area contributed by atoms with E-state index in [0.29, 0.717) is 12.2 Å². The van der Waals surface area contributed by atoms with Crippen LogP contribution in [-0.4, -0.2) is 23.5 Å². The lowest BCUT2D eigenvalue weighted by Gasteiger charge is -2.24. The van der Waals surface area contributed by atoms with Crippen molar-refractivity contribution in [3.63, 3.8) is 0 Å². The monoisotopic (exact) mass is 377 g/mol. The zero-order valence-corrected chi connectivity index (χ0v) is 15.1. The molecule has 0 fully saturated rings. The van der Waals surface area contributed by atoms with Gasteiger partial charge in [-0.15, -0.1) is 0 Å². The summed E-state index contributed by atoms with van der Waals surface area (Å²) in [5.41, 5.74) is 0.746. The van der Waals surface area contributed by atoms with Crippen molar-refractivity contribution in [1.29, 1.82) is 0 Å². The molecule has 1 atom stereocenters. The molecule has 0 saturated carbocycles. The number of carbonyl (C=O) groups excluding carboxylic acids is 1. The number of pyridine rings is 1. The number of amides is 1. The van der Waals surface area contributed by atoms with E-state index < -0.39 is 11.7 Å². The minimum Gasteiger partial charge on any atom is -0.380 e. The van der Waals surface area contributed by atoms with E-state index in [2.05, 4.69) is 15.6 Å². The zero-order chi connectivity index (χ0) is 19.9.